The van der Waals surface area contributed by atoms with Crippen molar-refractivity contribution in [2.24, 2.45) is 0 Å². The zero-order valence-electron chi connectivity index (χ0n) is 6.61. The SMILES string of the molecule is CC1(NC(=S)NCCF)CC1. The highest BCUT2D eigenvalue weighted by molar-refractivity contribution is 7.80. The van der Waals surface area contributed by atoms with Gasteiger partial charge in [0.2, 0.25) is 0 Å². The smallest absolute Gasteiger partial charge is 0.166 e. The summed E-state index contributed by atoms with van der Waals surface area (Å²) < 4.78 is 11.7. The third-order valence-electron chi connectivity index (χ3n) is 1.80. The summed E-state index contributed by atoms with van der Waals surface area (Å²) in [5, 5.41) is 6.46. The van der Waals surface area contributed by atoms with Crippen molar-refractivity contribution in [3.8, 4) is 0 Å². The lowest BCUT2D eigenvalue weighted by Crippen LogP contribution is -2.42. The van der Waals surface area contributed by atoms with Gasteiger partial charge in [0, 0.05) is 12.1 Å². The maximum absolute atomic E-state index is 11.7. The number of nitrogens with one attached hydrogen (secondary N) is 2. The summed E-state index contributed by atoms with van der Waals surface area (Å²) >= 11 is 4.92. The Balaban J connectivity index is 2.11. The van der Waals surface area contributed by atoms with Gasteiger partial charge in [-0.05, 0) is 32.0 Å². The van der Waals surface area contributed by atoms with Gasteiger partial charge in [-0.1, -0.05) is 0 Å². The average Bonchev–Trinajstić information content (AvgIpc) is 2.63. The molecular weight excluding hydrogens is 163 g/mol. The van der Waals surface area contributed by atoms with Gasteiger partial charge < -0.3 is 10.6 Å². The molecule has 0 bridgehead atoms. The minimum Gasteiger partial charge on any atom is -0.360 e. The number of rotatable bonds is 3. The second-order valence-electron chi connectivity index (χ2n) is 3.13. The lowest BCUT2D eigenvalue weighted by molar-refractivity contribution is 0.488. The van der Waals surface area contributed by atoms with Crippen LogP contribution in [0.4, 0.5) is 4.39 Å². The van der Waals surface area contributed by atoms with Crippen molar-refractivity contribution in [2.75, 3.05) is 13.2 Å². The summed E-state index contributed by atoms with van der Waals surface area (Å²) in [6.07, 6.45) is 2.31. The lowest BCUT2D eigenvalue weighted by Gasteiger charge is -2.14. The first-order chi connectivity index (χ1) is 5.16. The zero-order valence-corrected chi connectivity index (χ0v) is 7.43. The molecule has 0 aromatic heterocycles. The van der Waals surface area contributed by atoms with Crippen LogP contribution in [0.1, 0.15) is 19.8 Å². The van der Waals surface area contributed by atoms with Crippen LogP contribution in [0, 0.1) is 0 Å². The molecule has 11 heavy (non-hydrogen) atoms. The minimum absolute atomic E-state index is 0.195. The first-order valence-electron chi connectivity index (χ1n) is 3.78. The Morgan fingerprint density at radius 2 is 2.27 bits per heavy atom. The Morgan fingerprint density at radius 3 is 2.73 bits per heavy atom. The number of hydrogen-bond acceptors (Lipinski definition) is 1. The Labute approximate surface area is 71.5 Å². The van der Waals surface area contributed by atoms with E-state index >= 15 is 0 Å². The van der Waals surface area contributed by atoms with Crippen LogP contribution in [0.15, 0.2) is 0 Å². The first-order valence-corrected chi connectivity index (χ1v) is 4.19. The van der Waals surface area contributed by atoms with Gasteiger partial charge in [0.05, 0.1) is 0 Å². The minimum atomic E-state index is -0.376. The van der Waals surface area contributed by atoms with Crippen LogP contribution in [-0.2, 0) is 0 Å². The first kappa shape index (κ1) is 8.71. The van der Waals surface area contributed by atoms with E-state index in [0.29, 0.717) is 11.7 Å². The van der Waals surface area contributed by atoms with Gasteiger partial charge in [-0.15, -0.1) is 0 Å². The van der Waals surface area contributed by atoms with E-state index in [4.69, 9.17) is 12.2 Å². The maximum Gasteiger partial charge on any atom is 0.166 e. The van der Waals surface area contributed by atoms with Gasteiger partial charge in [-0.2, -0.15) is 0 Å². The molecule has 0 amide bonds. The highest BCUT2D eigenvalue weighted by atomic mass is 32.1. The fraction of sp³-hybridized carbons (Fsp3) is 0.857. The zero-order chi connectivity index (χ0) is 8.32. The van der Waals surface area contributed by atoms with Crippen molar-refractivity contribution >= 4 is 17.3 Å². The van der Waals surface area contributed by atoms with Gasteiger partial charge in [-0.25, -0.2) is 4.39 Å². The molecule has 1 rings (SSSR count). The predicted molar refractivity (Wildman–Crippen MR) is 47.4 cm³/mol. The summed E-state index contributed by atoms with van der Waals surface area (Å²) in [7, 11) is 0. The van der Waals surface area contributed by atoms with Crippen LogP contribution in [0.25, 0.3) is 0 Å². The van der Waals surface area contributed by atoms with Crippen molar-refractivity contribution in [3.05, 3.63) is 0 Å². The van der Waals surface area contributed by atoms with E-state index in [1.54, 1.807) is 0 Å². The van der Waals surface area contributed by atoms with Crippen LogP contribution < -0.4 is 10.6 Å². The summed E-state index contributed by atoms with van der Waals surface area (Å²) in [6.45, 7) is 2.04. The Kier molecular flexibility index (Phi) is 2.65. The molecule has 1 fully saturated rings. The predicted octanol–water partition coefficient (Wildman–Crippen LogP) is 0.972. The Morgan fingerprint density at radius 1 is 1.64 bits per heavy atom. The number of hydrogen-bond donors (Lipinski definition) is 2. The number of alkyl halides is 1. The summed E-state index contributed by atoms with van der Waals surface area (Å²) in [5.74, 6) is 0. The van der Waals surface area contributed by atoms with E-state index in [9.17, 15) is 4.39 Å². The molecule has 0 aromatic rings. The molecule has 0 saturated heterocycles. The number of thiocarbonyl (C=S) groups is 1. The van der Waals surface area contributed by atoms with Gasteiger partial charge in [-0.3, -0.25) is 0 Å². The third-order valence-corrected chi connectivity index (χ3v) is 2.04. The van der Waals surface area contributed by atoms with Gasteiger partial charge in [0.25, 0.3) is 0 Å². The molecule has 1 saturated carbocycles. The van der Waals surface area contributed by atoms with Crippen molar-refractivity contribution in [3.63, 3.8) is 0 Å². The lowest BCUT2D eigenvalue weighted by atomic mass is 10.3. The van der Waals surface area contributed by atoms with Crippen LogP contribution >= 0.6 is 12.2 Å². The molecule has 0 aliphatic heterocycles. The summed E-state index contributed by atoms with van der Waals surface area (Å²) in [6, 6.07) is 0. The fourth-order valence-electron chi connectivity index (χ4n) is 0.792. The molecule has 1 aliphatic rings. The highest BCUT2D eigenvalue weighted by Gasteiger charge is 2.37. The monoisotopic (exact) mass is 176 g/mol. The Hall–Kier alpha value is -0.380. The molecule has 2 nitrogen and oxygen atoms in total. The second kappa shape index (κ2) is 3.34. The molecular formula is C7H13FN2S. The van der Waals surface area contributed by atoms with Crippen molar-refractivity contribution in [2.45, 2.75) is 25.3 Å². The average molecular weight is 176 g/mol. The largest absolute Gasteiger partial charge is 0.360 e. The van der Waals surface area contributed by atoms with E-state index in [1.165, 1.54) is 0 Å². The van der Waals surface area contributed by atoms with Crippen molar-refractivity contribution < 1.29 is 4.39 Å². The topological polar surface area (TPSA) is 24.1 Å². The molecule has 0 radical (unpaired) electrons. The van der Waals surface area contributed by atoms with E-state index in [2.05, 4.69) is 17.6 Å². The molecule has 0 spiro atoms. The van der Waals surface area contributed by atoms with Crippen LogP contribution in [0.5, 0.6) is 0 Å². The van der Waals surface area contributed by atoms with Gasteiger partial charge in [0.1, 0.15) is 6.67 Å². The molecule has 2 N–H and O–H groups in total. The van der Waals surface area contributed by atoms with Crippen molar-refractivity contribution in [1.29, 1.82) is 0 Å². The molecule has 0 atom stereocenters. The molecule has 0 unspecified atom stereocenters. The molecule has 4 heteroatoms. The third kappa shape index (κ3) is 3.01. The summed E-state index contributed by atoms with van der Waals surface area (Å²) in [5.41, 5.74) is 0.195. The number of halogens is 1. The van der Waals surface area contributed by atoms with Crippen LogP contribution in [0.2, 0.25) is 0 Å². The summed E-state index contributed by atoms with van der Waals surface area (Å²) in [4.78, 5) is 0. The Bertz CT molecular complexity index is 157. The highest BCUT2D eigenvalue weighted by Crippen LogP contribution is 2.33. The van der Waals surface area contributed by atoms with Crippen LogP contribution in [0.3, 0.4) is 0 Å². The maximum atomic E-state index is 11.7. The van der Waals surface area contributed by atoms with E-state index < -0.39 is 0 Å². The quantitative estimate of drug-likeness (QED) is 0.627. The second-order valence-corrected chi connectivity index (χ2v) is 3.54. The fourth-order valence-corrected chi connectivity index (χ4v) is 1.14. The van der Waals surface area contributed by atoms with Crippen LogP contribution in [-0.4, -0.2) is 23.9 Å². The van der Waals surface area contributed by atoms with Gasteiger partial charge in [0.15, 0.2) is 5.11 Å². The normalized spacial score (nSPS) is 19.1. The standard InChI is InChI=1S/C7H13FN2S/c1-7(2-3-7)10-6(11)9-5-4-8/h2-5H2,1H3,(H2,9,10,11). The van der Waals surface area contributed by atoms with Gasteiger partial charge >= 0.3 is 0 Å². The van der Waals surface area contributed by atoms with E-state index in [0.717, 1.165) is 12.8 Å². The molecule has 1 aliphatic carbocycles. The van der Waals surface area contributed by atoms with Crippen molar-refractivity contribution in [1.82, 2.24) is 10.6 Å². The van der Waals surface area contributed by atoms with E-state index in [-0.39, 0.29) is 12.2 Å². The molecule has 0 heterocycles. The molecule has 0 aromatic carbocycles. The van der Waals surface area contributed by atoms with E-state index in [1.807, 2.05) is 0 Å². The molecule has 64 valence electrons.